The van der Waals surface area contributed by atoms with E-state index in [0.29, 0.717) is 16.6 Å². The zero-order chi connectivity index (χ0) is 23.0. The molecule has 0 aliphatic heterocycles. The van der Waals surface area contributed by atoms with Gasteiger partial charge in [0.25, 0.3) is 0 Å². The molecule has 0 fully saturated rings. The predicted molar refractivity (Wildman–Crippen MR) is 139 cm³/mol. The first-order valence-corrected chi connectivity index (χ1v) is 10.2. The number of phenols is 3. The zero-order valence-electron chi connectivity index (χ0n) is 17.6. The summed E-state index contributed by atoms with van der Waals surface area (Å²) in [6, 6.07) is 27.4. The molecule has 0 aliphatic carbocycles. The Kier molecular flexibility index (Phi) is 9.26. The Bertz CT molecular complexity index is 1330. The summed E-state index contributed by atoms with van der Waals surface area (Å²) in [6.45, 7) is 0. The quantitative estimate of drug-likeness (QED) is 0.223. The van der Waals surface area contributed by atoms with Crippen molar-refractivity contribution in [1.82, 2.24) is 15.0 Å². The molecular formula is C27H23BaN3O3. The Morgan fingerprint density at radius 2 is 0.647 bits per heavy atom. The number of aromatic nitrogens is 3. The molecule has 6 nitrogen and oxygen atoms in total. The van der Waals surface area contributed by atoms with Crippen LogP contribution >= 0.6 is 0 Å². The average molecular weight is 575 g/mol. The summed E-state index contributed by atoms with van der Waals surface area (Å²) < 4.78 is 0. The first kappa shape index (κ1) is 25.5. The van der Waals surface area contributed by atoms with Crippen LogP contribution in [0.2, 0.25) is 0 Å². The summed E-state index contributed by atoms with van der Waals surface area (Å²) in [7, 11) is 0. The first-order chi connectivity index (χ1) is 16.1. The van der Waals surface area contributed by atoms with Crippen molar-refractivity contribution in [3.63, 3.8) is 0 Å². The van der Waals surface area contributed by atoms with E-state index < -0.39 is 0 Å². The summed E-state index contributed by atoms with van der Waals surface area (Å²) in [5.74, 6) is 0.717. The predicted octanol–water partition coefficient (Wildman–Crippen LogP) is 4.91. The molecule has 7 heteroatoms. The number of nitrogens with zero attached hydrogens (tertiary/aromatic N) is 3. The number of rotatable bonds is 0. The van der Waals surface area contributed by atoms with Crippen molar-refractivity contribution in [3.05, 3.63) is 110 Å². The molecule has 6 aromatic rings. The average Bonchev–Trinajstić information content (AvgIpc) is 2.86. The van der Waals surface area contributed by atoms with Crippen LogP contribution < -0.4 is 0 Å². The fraction of sp³-hybridized carbons (Fsp3) is 0. The van der Waals surface area contributed by atoms with Crippen LogP contribution in [-0.2, 0) is 0 Å². The van der Waals surface area contributed by atoms with Gasteiger partial charge in [-0.2, -0.15) is 0 Å². The van der Waals surface area contributed by atoms with E-state index >= 15 is 0 Å². The van der Waals surface area contributed by atoms with Gasteiger partial charge in [-0.15, -0.1) is 0 Å². The molecule has 0 aliphatic rings. The summed E-state index contributed by atoms with van der Waals surface area (Å²) in [4.78, 5) is 12.1. The molecule has 3 aromatic carbocycles. The third kappa shape index (κ3) is 6.25. The van der Waals surface area contributed by atoms with Crippen molar-refractivity contribution in [2.45, 2.75) is 0 Å². The molecule has 3 N–H and O–H groups in total. The van der Waals surface area contributed by atoms with Crippen LogP contribution in [-0.4, -0.2) is 79.2 Å². The molecule has 0 amide bonds. The van der Waals surface area contributed by atoms with Gasteiger partial charge < -0.3 is 15.3 Å². The Balaban J connectivity index is 0.000000141. The van der Waals surface area contributed by atoms with Crippen LogP contribution in [0.3, 0.4) is 0 Å². The molecule has 3 aromatic heterocycles. The molecule has 166 valence electrons. The van der Waals surface area contributed by atoms with Crippen LogP contribution in [0.15, 0.2) is 110 Å². The summed E-state index contributed by atoms with van der Waals surface area (Å²) in [6.07, 6.45) is 5.01. The van der Waals surface area contributed by atoms with Gasteiger partial charge in [-0.25, -0.2) is 0 Å². The number of pyridine rings is 3. The second kappa shape index (κ2) is 12.4. The fourth-order valence-corrected chi connectivity index (χ4v) is 3.26. The molecule has 34 heavy (non-hydrogen) atoms. The molecule has 6 rings (SSSR count). The number of phenolic OH excluding ortho intramolecular Hbond substituents is 3. The molecule has 0 saturated carbocycles. The van der Waals surface area contributed by atoms with E-state index in [1.807, 2.05) is 54.6 Å². The van der Waals surface area contributed by atoms with Crippen molar-refractivity contribution in [2.24, 2.45) is 0 Å². The monoisotopic (exact) mass is 575 g/mol. The van der Waals surface area contributed by atoms with E-state index in [-0.39, 0.29) is 66.1 Å². The van der Waals surface area contributed by atoms with E-state index in [9.17, 15) is 15.3 Å². The minimum atomic E-state index is 0. The normalized spacial score (nSPS) is 9.88. The van der Waals surface area contributed by atoms with Gasteiger partial charge in [-0.1, -0.05) is 54.6 Å². The van der Waals surface area contributed by atoms with Gasteiger partial charge in [0.15, 0.2) is 0 Å². The Labute approximate surface area is 236 Å². The van der Waals surface area contributed by atoms with Gasteiger partial charge in [0, 0.05) is 34.7 Å². The number of benzene rings is 3. The molecule has 3 heterocycles. The van der Waals surface area contributed by atoms with Gasteiger partial charge in [0.2, 0.25) is 0 Å². The molecule has 0 bridgehead atoms. The maximum atomic E-state index is 9.31. The fourth-order valence-electron chi connectivity index (χ4n) is 3.26. The topological polar surface area (TPSA) is 99.4 Å². The summed E-state index contributed by atoms with van der Waals surface area (Å²) in [5.41, 5.74) is 1.99. The second-order valence-corrected chi connectivity index (χ2v) is 7.06. The van der Waals surface area contributed by atoms with Crippen molar-refractivity contribution < 1.29 is 15.3 Å². The van der Waals surface area contributed by atoms with Gasteiger partial charge in [-0.05, 0) is 36.4 Å². The molecule has 0 saturated heterocycles. The van der Waals surface area contributed by atoms with E-state index in [1.54, 1.807) is 55.0 Å². The Morgan fingerprint density at radius 3 is 0.912 bits per heavy atom. The molecular weight excluding hydrogens is 552 g/mol. The Hall–Kier alpha value is -3.14. The van der Waals surface area contributed by atoms with E-state index in [2.05, 4.69) is 15.0 Å². The first-order valence-electron chi connectivity index (χ1n) is 10.2. The molecule has 0 spiro atoms. The van der Waals surface area contributed by atoms with Crippen molar-refractivity contribution in [1.29, 1.82) is 0 Å². The van der Waals surface area contributed by atoms with Crippen LogP contribution in [0, 0.1) is 0 Å². The third-order valence-electron chi connectivity index (χ3n) is 4.83. The zero-order valence-corrected chi connectivity index (χ0v) is 17.6. The number of aromatic hydroxyl groups is 3. The van der Waals surface area contributed by atoms with E-state index in [1.165, 1.54) is 0 Å². The SMILES string of the molecule is Oc1cccc2cccnc12.Oc1cccc2cccnc12.Oc1cccc2cccnc12.[BaH2]. The van der Waals surface area contributed by atoms with Gasteiger partial charge in [0.1, 0.15) is 33.8 Å². The molecule has 0 unspecified atom stereocenters. The minimum absolute atomic E-state index is 0. The van der Waals surface area contributed by atoms with E-state index in [4.69, 9.17) is 0 Å². The van der Waals surface area contributed by atoms with Crippen LogP contribution in [0.4, 0.5) is 0 Å². The van der Waals surface area contributed by atoms with Crippen LogP contribution in [0.1, 0.15) is 0 Å². The van der Waals surface area contributed by atoms with Crippen molar-refractivity contribution in [3.8, 4) is 17.2 Å². The van der Waals surface area contributed by atoms with Gasteiger partial charge >= 0.3 is 48.9 Å². The Morgan fingerprint density at radius 1 is 0.382 bits per heavy atom. The third-order valence-corrected chi connectivity index (χ3v) is 4.83. The molecule has 0 radical (unpaired) electrons. The standard InChI is InChI=1S/3C9H7NO.Ba.2H/c3*11-8-5-1-3-7-4-2-6-10-9(7)8;;;/h3*1-6,11H;;;. The van der Waals surface area contributed by atoms with Crippen molar-refractivity contribution in [2.75, 3.05) is 0 Å². The molecule has 0 atom stereocenters. The van der Waals surface area contributed by atoms with E-state index in [0.717, 1.165) is 16.2 Å². The van der Waals surface area contributed by atoms with Crippen molar-refractivity contribution >= 4 is 81.6 Å². The maximum absolute atomic E-state index is 9.31. The van der Waals surface area contributed by atoms with Gasteiger partial charge in [-0.3, -0.25) is 15.0 Å². The number of fused-ring (bicyclic) bond motifs is 3. The number of hydrogen-bond acceptors (Lipinski definition) is 6. The second-order valence-electron chi connectivity index (χ2n) is 7.06. The number of hydrogen-bond donors (Lipinski definition) is 3. The summed E-state index contributed by atoms with van der Waals surface area (Å²) in [5, 5.41) is 30.8. The van der Waals surface area contributed by atoms with Gasteiger partial charge in [0.05, 0.1) is 0 Å². The van der Waals surface area contributed by atoms with Crippen LogP contribution in [0.25, 0.3) is 32.7 Å². The number of para-hydroxylation sites is 3. The van der Waals surface area contributed by atoms with Crippen LogP contribution in [0.5, 0.6) is 17.2 Å². The summed E-state index contributed by atoms with van der Waals surface area (Å²) >= 11 is 0.